The van der Waals surface area contributed by atoms with Gasteiger partial charge in [0.1, 0.15) is 0 Å². The molecule has 0 bridgehead atoms. The number of nitrogens with one attached hydrogen (secondary N) is 1. The molecule has 0 aromatic carbocycles. The van der Waals surface area contributed by atoms with Crippen LogP contribution >= 0.6 is 0 Å². The summed E-state index contributed by atoms with van der Waals surface area (Å²) in [7, 11) is 2.25. The maximum Gasteiger partial charge on any atom is 0.0544 e. The molecule has 1 heterocycles. The number of nitrogens with zero attached hydrogens (tertiary/aromatic N) is 2. The van der Waals surface area contributed by atoms with Crippen molar-refractivity contribution in [3.8, 4) is 0 Å². The standard InChI is InChI=1S/C17H27N3/c1-20(17-5-3-2-4-6-17)13-16-8-7-14(12-19-16)11-18-15-9-10-15/h7-8,12,15,17-18H,2-6,9-11,13H2,1H3. The fraction of sp³-hybridized carbons (Fsp3) is 0.706. The largest absolute Gasteiger partial charge is 0.310 e. The normalized spacial score (nSPS) is 20.5. The number of rotatable bonds is 6. The van der Waals surface area contributed by atoms with Crippen molar-refractivity contribution in [3.05, 3.63) is 29.6 Å². The lowest BCUT2D eigenvalue weighted by Gasteiger charge is -2.30. The highest BCUT2D eigenvalue weighted by atomic mass is 15.1. The molecule has 3 heteroatoms. The molecule has 2 aliphatic carbocycles. The molecular formula is C17H27N3. The minimum absolute atomic E-state index is 0.766. The average Bonchev–Trinajstić information content (AvgIpc) is 3.32. The highest BCUT2D eigenvalue weighted by molar-refractivity contribution is 5.14. The highest BCUT2D eigenvalue weighted by Crippen LogP contribution is 2.22. The van der Waals surface area contributed by atoms with E-state index < -0.39 is 0 Å². The van der Waals surface area contributed by atoms with Crippen LogP contribution in [0.2, 0.25) is 0 Å². The monoisotopic (exact) mass is 273 g/mol. The third-order valence-corrected chi connectivity index (χ3v) is 4.67. The second-order valence-corrected chi connectivity index (χ2v) is 6.52. The van der Waals surface area contributed by atoms with Crippen LogP contribution in [-0.4, -0.2) is 29.0 Å². The molecule has 0 aliphatic heterocycles. The molecule has 0 amide bonds. The van der Waals surface area contributed by atoms with Crippen LogP contribution in [0.25, 0.3) is 0 Å². The lowest BCUT2D eigenvalue weighted by molar-refractivity contribution is 0.183. The van der Waals surface area contributed by atoms with Gasteiger partial charge in [-0.25, -0.2) is 0 Å². The fourth-order valence-corrected chi connectivity index (χ4v) is 3.11. The van der Waals surface area contributed by atoms with Gasteiger partial charge in [0.15, 0.2) is 0 Å². The van der Waals surface area contributed by atoms with E-state index in [1.54, 1.807) is 0 Å². The van der Waals surface area contributed by atoms with Gasteiger partial charge >= 0.3 is 0 Å². The first-order chi connectivity index (χ1) is 9.81. The van der Waals surface area contributed by atoms with Gasteiger partial charge in [-0.2, -0.15) is 0 Å². The maximum absolute atomic E-state index is 4.63. The molecule has 2 aliphatic rings. The van der Waals surface area contributed by atoms with Crippen LogP contribution in [0.1, 0.15) is 56.2 Å². The minimum atomic E-state index is 0.766. The Bertz CT molecular complexity index is 405. The molecule has 110 valence electrons. The molecule has 2 fully saturated rings. The van der Waals surface area contributed by atoms with Crippen molar-refractivity contribution < 1.29 is 0 Å². The lowest BCUT2D eigenvalue weighted by atomic mass is 9.94. The second kappa shape index (κ2) is 6.68. The second-order valence-electron chi connectivity index (χ2n) is 6.52. The molecule has 3 nitrogen and oxygen atoms in total. The van der Waals surface area contributed by atoms with Gasteiger partial charge < -0.3 is 5.32 Å². The van der Waals surface area contributed by atoms with Crippen molar-refractivity contribution in [2.45, 2.75) is 70.1 Å². The van der Waals surface area contributed by atoms with E-state index in [0.29, 0.717) is 0 Å². The van der Waals surface area contributed by atoms with Crippen LogP contribution in [0.4, 0.5) is 0 Å². The molecule has 0 atom stereocenters. The molecule has 2 saturated carbocycles. The first-order valence-electron chi connectivity index (χ1n) is 8.19. The Morgan fingerprint density at radius 2 is 1.95 bits per heavy atom. The molecule has 0 saturated heterocycles. The van der Waals surface area contributed by atoms with Crippen molar-refractivity contribution >= 4 is 0 Å². The van der Waals surface area contributed by atoms with E-state index in [1.807, 2.05) is 6.20 Å². The Hall–Kier alpha value is -0.930. The summed E-state index contributed by atoms with van der Waals surface area (Å²) in [5.74, 6) is 0. The summed E-state index contributed by atoms with van der Waals surface area (Å²) in [5.41, 5.74) is 2.51. The van der Waals surface area contributed by atoms with Crippen molar-refractivity contribution in [2.24, 2.45) is 0 Å². The number of aromatic nitrogens is 1. The molecule has 20 heavy (non-hydrogen) atoms. The summed E-state index contributed by atoms with van der Waals surface area (Å²) in [6, 6.07) is 5.96. The van der Waals surface area contributed by atoms with Crippen molar-refractivity contribution in [2.75, 3.05) is 7.05 Å². The third-order valence-electron chi connectivity index (χ3n) is 4.67. The summed E-state index contributed by atoms with van der Waals surface area (Å²) in [5, 5.41) is 3.53. The lowest BCUT2D eigenvalue weighted by Crippen LogP contribution is -2.33. The van der Waals surface area contributed by atoms with Crippen LogP contribution in [0.3, 0.4) is 0 Å². The van der Waals surface area contributed by atoms with Gasteiger partial charge in [-0.15, -0.1) is 0 Å². The summed E-state index contributed by atoms with van der Waals surface area (Å²) in [6.07, 6.45) is 11.7. The van der Waals surface area contributed by atoms with Gasteiger partial charge in [0.2, 0.25) is 0 Å². The van der Waals surface area contributed by atoms with E-state index in [-0.39, 0.29) is 0 Å². The van der Waals surface area contributed by atoms with Crippen LogP contribution in [0, 0.1) is 0 Å². The topological polar surface area (TPSA) is 28.2 Å². The van der Waals surface area contributed by atoms with Crippen LogP contribution in [-0.2, 0) is 13.1 Å². The van der Waals surface area contributed by atoms with E-state index in [0.717, 1.165) is 25.2 Å². The Kier molecular flexibility index (Phi) is 4.69. The van der Waals surface area contributed by atoms with Gasteiger partial charge in [0.05, 0.1) is 5.69 Å². The van der Waals surface area contributed by atoms with Gasteiger partial charge in [-0.3, -0.25) is 9.88 Å². The smallest absolute Gasteiger partial charge is 0.0544 e. The Morgan fingerprint density at radius 1 is 1.15 bits per heavy atom. The SMILES string of the molecule is CN(Cc1ccc(CNC2CC2)cn1)C1CCCCC1. The summed E-state index contributed by atoms with van der Waals surface area (Å²) >= 11 is 0. The molecule has 0 unspecified atom stereocenters. The highest BCUT2D eigenvalue weighted by Gasteiger charge is 2.20. The van der Waals surface area contributed by atoms with Crippen molar-refractivity contribution in [1.82, 2.24) is 15.2 Å². The Morgan fingerprint density at radius 3 is 2.60 bits per heavy atom. The molecule has 1 aromatic rings. The quantitative estimate of drug-likeness (QED) is 0.863. The van der Waals surface area contributed by atoms with Gasteiger partial charge in [-0.05, 0) is 44.4 Å². The van der Waals surface area contributed by atoms with E-state index in [4.69, 9.17) is 0 Å². The predicted molar refractivity (Wildman–Crippen MR) is 82.4 cm³/mol. The summed E-state index contributed by atoms with van der Waals surface area (Å²) in [4.78, 5) is 7.12. The van der Waals surface area contributed by atoms with Gasteiger partial charge in [0, 0.05) is 31.4 Å². The molecule has 0 spiro atoms. The van der Waals surface area contributed by atoms with E-state index in [2.05, 4.69) is 34.4 Å². The third kappa shape index (κ3) is 4.03. The average molecular weight is 273 g/mol. The zero-order valence-corrected chi connectivity index (χ0v) is 12.6. The maximum atomic E-state index is 4.63. The summed E-state index contributed by atoms with van der Waals surface area (Å²) in [6.45, 7) is 1.96. The zero-order valence-electron chi connectivity index (χ0n) is 12.6. The molecular weight excluding hydrogens is 246 g/mol. The predicted octanol–water partition coefficient (Wildman–Crippen LogP) is 3.10. The zero-order chi connectivity index (χ0) is 13.8. The van der Waals surface area contributed by atoms with Crippen molar-refractivity contribution in [1.29, 1.82) is 0 Å². The van der Waals surface area contributed by atoms with E-state index in [1.165, 1.54) is 56.2 Å². The molecule has 3 rings (SSSR count). The molecule has 1 aromatic heterocycles. The molecule has 1 N–H and O–H groups in total. The van der Waals surface area contributed by atoms with Gasteiger partial charge in [0.25, 0.3) is 0 Å². The first-order valence-corrected chi connectivity index (χ1v) is 8.19. The minimum Gasteiger partial charge on any atom is -0.310 e. The van der Waals surface area contributed by atoms with Crippen molar-refractivity contribution in [3.63, 3.8) is 0 Å². The number of hydrogen-bond acceptors (Lipinski definition) is 3. The van der Waals surface area contributed by atoms with E-state index in [9.17, 15) is 0 Å². The van der Waals surface area contributed by atoms with Crippen LogP contribution < -0.4 is 5.32 Å². The molecule has 0 radical (unpaired) electrons. The van der Waals surface area contributed by atoms with Gasteiger partial charge in [-0.1, -0.05) is 25.3 Å². The van der Waals surface area contributed by atoms with E-state index >= 15 is 0 Å². The Balaban J connectivity index is 1.48. The number of pyridine rings is 1. The number of hydrogen-bond donors (Lipinski definition) is 1. The first kappa shape index (κ1) is 14.0. The van der Waals surface area contributed by atoms with Crippen LogP contribution in [0.5, 0.6) is 0 Å². The summed E-state index contributed by atoms with van der Waals surface area (Å²) < 4.78 is 0. The fourth-order valence-electron chi connectivity index (χ4n) is 3.11. The Labute approximate surface area is 122 Å². The van der Waals surface area contributed by atoms with Crippen LogP contribution in [0.15, 0.2) is 18.3 Å².